The molecule has 1 aromatic heterocycles. The topological polar surface area (TPSA) is 77.2 Å². The van der Waals surface area contributed by atoms with E-state index in [-0.39, 0.29) is 12.3 Å². The van der Waals surface area contributed by atoms with E-state index in [1.165, 1.54) is 0 Å². The van der Waals surface area contributed by atoms with E-state index < -0.39 is 0 Å². The Morgan fingerprint density at radius 1 is 1.15 bits per heavy atom. The molecule has 2 aromatic carbocycles. The van der Waals surface area contributed by atoms with E-state index in [0.29, 0.717) is 41.3 Å². The van der Waals surface area contributed by atoms with Crippen LogP contribution >= 0.6 is 11.6 Å². The van der Waals surface area contributed by atoms with Crippen LogP contribution in [-0.2, 0) is 11.2 Å². The largest absolute Gasteiger partial charge is 0.492 e. The summed E-state index contributed by atoms with van der Waals surface area (Å²) in [4.78, 5) is 12.2. The summed E-state index contributed by atoms with van der Waals surface area (Å²) in [6.45, 7) is 2.43. The summed E-state index contributed by atoms with van der Waals surface area (Å²) in [7, 11) is 0. The van der Waals surface area contributed by atoms with Crippen LogP contribution in [-0.4, -0.2) is 22.7 Å². The third-order valence-corrected chi connectivity index (χ3v) is 3.84. The number of rotatable bonds is 7. The number of ether oxygens (including phenoxy) is 1. The fraction of sp³-hybridized carbons (Fsp3) is 0.211. The Morgan fingerprint density at radius 2 is 1.92 bits per heavy atom. The van der Waals surface area contributed by atoms with E-state index in [4.69, 9.17) is 20.8 Å². The van der Waals surface area contributed by atoms with Crippen molar-refractivity contribution in [2.24, 2.45) is 0 Å². The number of aromatic nitrogens is 2. The molecule has 0 aliphatic rings. The minimum atomic E-state index is -0.150. The van der Waals surface area contributed by atoms with Crippen molar-refractivity contribution in [2.45, 2.75) is 19.8 Å². The monoisotopic (exact) mass is 371 g/mol. The van der Waals surface area contributed by atoms with Crippen molar-refractivity contribution < 1.29 is 13.9 Å². The number of aryl methyl sites for hydroxylation is 1. The number of benzene rings is 2. The number of carbonyl (C=O) groups excluding carboxylic acids is 1. The zero-order chi connectivity index (χ0) is 18.4. The van der Waals surface area contributed by atoms with Crippen LogP contribution in [0.3, 0.4) is 0 Å². The summed E-state index contributed by atoms with van der Waals surface area (Å²) >= 11 is 5.87. The van der Waals surface area contributed by atoms with Gasteiger partial charge in [0.25, 0.3) is 0 Å². The molecule has 0 saturated heterocycles. The van der Waals surface area contributed by atoms with Crippen molar-refractivity contribution in [3.05, 3.63) is 59.4 Å². The average molecular weight is 372 g/mol. The van der Waals surface area contributed by atoms with Gasteiger partial charge in [-0.15, -0.1) is 10.2 Å². The van der Waals surface area contributed by atoms with Crippen molar-refractivity contribution >= 4 is 23.2 Å². The highest BCUT2D eigenvalue weighted by Gasteiger charge is 2.12. The molecule has 6 nitrogen and oxygen atoms in total. The maximum atomic E-state index is 12.2. The molecule has 1 N–H and O–H groups in total. The minimum absolute atomic E-state index is 0.150. The van der Waals surface area contributed by atoms with Crippen molar-refractivity contribution in [2.75, 3.05) is 11.9 Å². The van der Waals surface area contributed by atoms with Crippen LogP contribution in [0.25, 0.3) is 11.5 Å². The molecule has 0 bridgehead atoms. The summed E-state index contributed by atoms with van der Waals surface area (Å²) in [6, 6.07) is 14.4. The lowest BCUT2D eigenvalue weighted by Crippen LogP contribution is -2.13. The number of hydrogen-bond donors (Lipinski definition) is 1. The van der Waals surface area contributed by atoms with Gasteiger partial charge >= 0.3 is 0 Å². The van der Waals surface area contributed by atoms with Crippen LogP contribution in [0.2, 0.25) is 5.02 Å². The number of carbonyl (C=O) groups is 1. The van der Waals surface area contributed by atoms with Gasteiger partial charge in [-0.05, 0) is 43.3 Å². The van der Waals surface area contributed by atoms with Crippen molar-refractivity contribution in [1.82, 2.24) is 10.2 Å². The molecule has 3 rings (SSSR count). The first kappa shape index (κ1) is 17.9. The van der Waals surface area contributed by atoms with Gasteiger partial charge in [0, 0.05) is 23.4 Å². The Balaban J connectivity index is 1.58. The van der Waals surface area contributed by atoms with E-state index in [2.05, 4.69) is 15.5 Å². The summed E-state index contributed by atoms with van der Waals surface area (Å²) in [5.41, 5.74) is 1.43. The lowest BCUT2D eigenvalue weighted by Gasteiger charge is -2.10. The molecule has 26 heavy (non-hydrogen) atoms. The van der Waals surface area contributed by atoms with Gasteiger partial charge in [0.1, 0.15) is 5.75 Å². The van der Waals surface area contributed by atoms with E-state index >= 15 is 0 Å². The molecule has 0 aliphatic heterocycles. The smallest absolute Gasteiger partial charge is 0.247 e. The highest BCUT2D eigenvalue weighted by atomic mass is 35.5. The SMILES string of the molecule is CCOc1ccccc1NC(=O)CCc1nnc(-c2ccc(Cl)cc2)o1. The standard InChI is InChI=1S/C19H18ClN3O3/c1-2-25-16-6-4-3-5-15(16)21-17(24)11-12-18-22-23-19(26-18)13-7-9-14(20)10-8-13/h3-10H,2,11-12H2,1H3,(H,21,24). The molecule has 0 saturated carbocycles. The molecule has 134 valence electrons. The quantitative estimate of drug-likeness (QED) is 0.667. The summed E-state index contributed by atoms with van der Waals surface area (Å²) in [5.74, 6) is 1.30. The van der Waals surface area contributed by atoms with Gasteiger partial charge in [0.05, 0.1) is 12.3 Å². The Kier molecular flexibility index (Phi) is 5.86. The Labute approximate surface area is 156 Å². The Morgan fingerprint density at radius 3 is 2.69 bits per heavy atom. The van der Waals surface area contributed by atoms with Crippen LogP contribution in [0.15, 0.2) is 52.9 Å². The number of nitrogens with zero attached hydrogens (tertiary/aromatic N) is 2. The summed E-state index contributed by atoms with van der Waals surface area (Å²) in [5, 5.41) is 11.5. The van der Waals surface area contributed by atoms with Crippen molar-refractivity contribution in [3.63, 3.8) is 0 Å². The molecule has 0 radical (unpaired) electrons. The summed E-state index contributed by atoms with van der Waals surface area (Å²) in [6.07, 6.45) is 0.575. The molecule has 0 spiro atoms. The Bertz CT molecular complexity index is 878. The molecule has 0 fully saturated rings. The molecule has 0 unspecified atom stereocenters. The molecular formula is C19H18ClN3O3. The molecule has 0 aliphatic carbocycles. The van der Waals surface area contributed by atoms with E-state index in [1.54, 1.807) is 30.3 Å². The highest BCUT2D eigenvalue weighted by molar-refractivity contribution is 6.30. The maximum absolute atomic E-state index is 12.2. The first-order valence-corrected chi connectivity index (χ1v) is 8.63. The van der Waals surface area contributed by atoms with Crippen molar-refractivity contribution in [3.8, 4) is 17.2 Å². The number of halogens is 1. The third kappa shape index (κ3) is 4.61. The minimum Gasteiger partial charge on any atom is -0.492 e. The number of hydrogen-bond acceptors (Lipinski definition) is 5. The molecular weight excluding hydrogens is 354 g/mol. The van der Waals surface area contributed by atoms with E-state index in [9.17, 15) is 4.79 Å². The predicted molar refractivity (Wildman–Crippen MR) is 99.3 cm³/mol. The summed E-state index contributed by atoms with van der Waals surface area (Å²) < 4.78 is 11.1. The maximum Gasteiger partial charge on any atom is 0.247 e. The third-order valence-electron chi connectivity index (χ3n) is 3.58. The van der Waals surface area contributed by atoms with Gasteiger partial charge in [-0.25, -0.2) is 0 Å². The predicted octanol–water partition coefficient (Wildman–Crippen LogP) is 4.36. The van der Waals surface area contributed by atoms with Gasteiger partial charge < -0.3 is 14.5 Å². The van der Waals surface area contributed by atoms with Crippen LogP contribution < -0.4 is 10.1 Å². The number of nitrogens with one attached hydrogen (secondary N) is 1. The van der Waals surface area contributed by atoms with Gasteiger partial charge in [-0.2, -0.15) is 0 Å². The lowest BCUT2D eigenvalue weighted by molar-refractivity contribution is -0.116. The zero-order valence-electron chi connectivity index (χ0n) is 14.2. The first-order valence-electron chi connectivity index (χ1n) is 8.25. The zero-order valence-corrected chi connectivity index (χ0v) is 15.0. The van der Waals surface area contributed by atoms with Crippen LogP contribution in [0.1, 0.15) is 19.2 Å². The van der Waals surface area contributed by atoms with E-state index in [1.807, 2.05) is 25.1 Å². The second-order valence-corrected chi connectivity index (χ2v) is 5.92. The highest BCUT2D eigenvalue weighted by Crippen LogP contribution is 2.24. The molecule has 0 atom stereocenters. The van der Waals surface area contributed by atoms with Gasteiger partial charge in [0.2, 0.25) is 17.7 Å². The van der Waals surface area contributed by atoms with Crippen LogP contribution in [0.5, 0.6) is 5.75 Å². The lowest BCUT2D eigenvalue weighted by atomic mass is 10.2. The van der Waals surface area contributed by atoms with Gasteiger partial charge in [-0.3, -0.25) is 4.79 Å². The number of amides is 1. The number of para-hydroxylation sites is 2. The fourth-order valence-electron chi connectivity index (χ4n) is 2.35. The Hall–Kier alpha value is -2.86. The second kappa shape index (κ2) is 8.49. The molecule has 3 aromatic rings. The van der Waals surface area contributed by atoms with Crippen LogP contribution in [0, 0.1) is 0 Å². The van der Waals surface area contributed by atoms with Crippen LogP contribution in [0.4, 0.5) is 5.69 Å². The average Bonchev–Trinajstić information content (AvgIpc) is 3.11. The molecule has 1 heterocycles. The number of anilines is 1. The molecule has 1 amide bonds. The van der Waals surface area contributed by atoms with E-state index in [0.717, 1.165) is 5.56 Å². The second-order valence-electron chi connectivity index (χ2n) is 5.49. The molecule has 7 heteroatoms. The van der Waals surface area contributed by atoms with Gasteiger partial charge in [-0.1, -0.05) is 23.7 Å². The van der Waals surface area contributed by atoms with Crippen molar-refractivity contribution in [1.29, 1.82) is 0 Å². The van der Waals surface area contributed by atoms with Gasteiger partial charge in [0.15, 0.2) is 0 Å². The fourth-order valence-corrected chi connectivity index (χ4v) is 2.47. The normalized spacial score (nSPS) is 10.5. The first-order chi connectivity index (χ1) is 12.7.